The lowest BCUT2D eigenvalue weighted by Crippen LogP contribution is -2.27. The quantitative estimate of drug-likeness (QED) is 0.853. The molecule has 1 N–H and O–H groups in total. The molecule has 0 fully saturated rings. The van der Waals surface area contributed by atoms with Crippen LogP contribution in [0, 0.1) is 3.57 Å². The average Bonchev–Trinajstić information content (AvgIpc) is 2.83. The van der Waals surface area contributed by atoms with Gasteiger partial charge in [-0.3, -0.25) is 9.48 Å². The van der Waals surface area contributed by atoms with Gasteiger partial charge in [0.15, 0.2) is 0 Å². The normalized spacial score (nSPS) is 10.2. The topological polar surface area (TPSA) is 59.8 Å². The summed E-state index contributed by atoms with van der Waals surface area (Å²) < 4.78 is 2.79. The van der Waals surface area contributed by atoms with E-state index >= 15 is 0 Å². The molecule has 0 aliphatic carbocycles. The highest BCUT2D eigenvalue weighted by atomic mass is 127. The van der Waals surface area contributed by atoms with Crippen molar-refractivity contribution in [2.75, 3.05) is 6.54 Å². The largest absolute Gasteiger partial charge is 0.350 e. The van der Waals surface area contributed by atoms with Crippen molar-refractivity contribution >= 4 is 28.5 Å². The van der Waals surface area contributed by atoms with Crippen LogP contribution in [-0.2, 0) is 6.54 Å². The number of rotatable bonds is 4. The molecular weight excluding hydrogens is 331 g/mol. The molecule has 1 aromatic carbocycles. The first-order valence-electron chi connectivity index (χ1n) is 5.13. The number of benzene rings is 1. The number of aromatic nitrogens is 3. The van der Waals surface area contributed by atoms with Crippen molar-refractivity contribution in [1.29, 1.82) is 0 Å². The van der Waals surface area contributed by atoms with Crippen molar-refractivity contribution in [3.8, 4) is 0 Å². The van der Waals surface area contributed by atoms with Crippen molar-refractivity contribution in [3.05, 3.63) is 45.8 Å². The molecule has 2 aromatic rings. The van der Waals surface area contributed by atoms with E-state index in [9.17, 15) is 4.79 Å². The lowest BCUT2D eigenvalue weighted by atomic mass is 10.2. The van der Waals surface area contributed by atoms with E-state index in [0.717, 1.165) is 3.57 Å². The SMILES string of the molecule is O=C(NCCn1ccnn1)c1ccc(I)cc1. The first kappa shape index (κ1) is 12.0. The van der Waals surface area contributed by atoms with Crippen molar-refractivity contribution in [3.63, 3.8) is 0 Å². The molecule has 0 atom stereocenters. The Hall–Kier alpha value is -1.44. The van der Waals surface area contributed by atoms with Crippen LogP contribution < -0.4 is 5.32 Å². The van der Waals surface area contributed by atoms with Crippen molar-refractivity contribution in [1.82, 2.24) is 20.3 Å². The molecule has 5 nitrogen and oxygen atoms in total. The van der Waals surface area contributed by atoms with Crippen molar-refractivity contribution in [2.24, 2.45) is 0 Å². The third kappa shape index (κ3) is 3.52. The first-order chi connectivity index (χ1) is 8.25. The molecular formula is C11H11IN4O. The summed E-state index contributed by atoms with van der Waals surface area (Å²) in [6, 6.07) is 7.44. The lowest BCUT2D eigenvalue weighted by molar-refractivity contribution is 0.0952. The molecule has 0 aliphatic heterocycles. The van der Waals surface area contributed by atoms with Crippen LogP contribution in [0.1, 0.15) is 10.4 Å². The smallest absolute Gasteiger partial charge is 0.251 e. The fraction of sp³-hybridized carbons (Fsp3) is 0.182. The van der Waals surface area contributed by atoms with Gasteiger partial charge in [-0.2, -0.15) is 0 Å². The number of carbonyl (C=O) groups excluding carboxylic acids is 1. The summed E-state index contributed by atoms with van der Waals surface area (Å²) in [5.41, 5.74) is 0.670. The van der Waals surface area contributed by atoms with Gasteiger partial charge in [-0.15, -0.1) is 5.10 Å². The van der Waals surface area contributed by atoms with E-state index in [1.807, 2.05) is 24.3 Å². The minimum Gasteiger partial charge on any atom is -0.350 e. The van der Waals surface area contributed by atoms with Gasteiger partial charge >= 0.3 is 0 Å². The van der Waals surface area contributed by atoms with Crippen LogP contribution in [0.3, 0.4) is 0 Å². The summed E-state index contributed by atoms with van der Waals surface area (Å²) in [7, 11) is 0. The number of nitrogens with one attached hydrogen (secondary N) is 1. The standard InChI is InChI=1S/C11H11IN4O/c12-10-3-1-9(2-4-10)11(17)13-5-7-16-8-6-14-15-16/h1-4,6,8H,5,7H2,(H,13,17). The zero-order valence-electron chi connectivity index (χ0n) is 9.01. The highest BCUT2D eigenvalue weighted by molar-refractivity contribution is 14.1. The highest BCUT2D eigenvalue weighted by Crippen LogP contribution is 2.06. The van der Waals surface area contributed by atoms with Gasteiger partial charge in [0.25, 0.3) is 5.91 Å². The third-order valence-corrected chi connectivity index (χ3v) is 2.92. The molecule has 1 aromatic heterocycles. The Balaban J connectivity index is 1.83. The van der Waals surface area contributed by atoms with E-state index < -0.39 is 0 Å². The molecule has 0 spiro atoms. The van der Waals surface area contributed by atoms with E-state index in [1.165, 1.54) is 0 Å². The Kier molecular flexibility index (Phi) is 4.08. The van der Waals surface area contributed by atoms with Gasteiger partial charge in [-0.05, 0) is 46.9 Å². The van der Waals surface area contributed by atoms with Gasteiger partial charge in [0, 0.05) is 21.9 Å². The van der Waals surface area contributed by atoms with Gasteiger partial charge < -0.3 is 5.32 Å². The summed E-state index contributed by atoms with van der Waals surface area (Å²) in [6.07, 6.45) is 3.37. The van der Waals surface area contributed by atoms with E-state index in [2.05, 4.69) is 38.2 Å². The third-order valence-electron chi connectivity index (χ3n) is 2.20. The molecule has 6 heteroatoms. The van der Waals surface area contributed by atoms with Gasteiger partial charge in [-0.1, -0.05) is 5.21 Å². The Morgan fingerprint density at radius 3 is 2.76 bits per heavy atom. The average molecular weight is 342 g/mol. The highest BCUT2D eigenvalue weighted by Gasteiger charge is 2.03. The van der Waals surface area contributed by atoms with Crippen LogP contribution in [0.5, 0.6) is 0 Å². The second kappa shape index (κ2) is 5.76. The van der Waals surface area contributed by atoms with Gasteiger partial charge in [-0.25, -0.2) is 0 Å². The number of halogens is 1. The maximum Gasteiger partial charge on any atom is 0.251 e. The van der Waals surface area contributed by atoms with Crippen LogP contribution in [0.25, 0.3) is 0 Å². The minimum absolute atomic E-state index is 0.0680. The van der Waals surface area contributed by atoms with Gasteiger partial charge in [0.2, 0.25) is 0 Å². The Bertz CT molecular complexity index is 481. The summed E-state index contributed by atoms with van der Waals surface area (Å²) in [4.78, 5) is 11.7. The van der Waals surface area contributed by atoms with Crippen molar-refractivity contribution in [2.45, 2.75) is 6.54 Å². The molecule has 0 saturated heterocycles. The fourth-order valence-electron chi connectivity index (χ4n) is 1.34. The number of carbonyl (C=O) groups is 1. The van der Waals surface area contributed by atoms with Crippen molar-refractivity contribution < 1.29 is 4.79 Å². The lowest BCUT2D eigenvalue weighted by Gasteiger charge is -2.05. The summed E-state index contributed by atoms with van der Waals surface area (Å²) in [5, 5.41) is 10.3. The molecule has 0 unspecified atom stereocenters. The summed E-state index contributed by atoms with van der Waals surface area (Å²) >= 11 is 2.21. The predicted octanol–water partition coefficient (Wildman–Crippen LogP) is 1.31. The zero-order valence-corrected chi connectivity index (χ0v) is 11.2. The molecule has 1 amide bonds. The van der Waals surface area contributed by atoms with Crippen LogP contribution >= 0.6 is 22.6 Å². The summed E-state index contributed by atoms with van der Waals surface area (Å²) in [5.74, 6) is -0.0680. The summed E-state index contributed by atoms with van der Waals surface area (Å²) in [6.45, 7) is 1.16. The van der Waals surface area contributed by atoms with Gasteiger partial charge in [0.05, 0.1) is 12.7 Å². The Morgan fingerprint density at radius 1 is 1.35 bits per heavy atom. The maximum atomic E-state index is 11.7. The van der Waals surface area contributed by atoms with Crippen LogP contribution in [0.15, 0.2) is 36.7 Å². The van der Waals surface area contributed by atoms with E-state index in [1.54, 1.807) is 17.1 Å². The monoisotopic (exact) mass is 342 g/mol. The van der Waals surface area contributed by atoms with Gasteiger partial charge in [0.1, 0.15) is 0 Å². The molecule has 0 saturated carbocycles. The van der Waals surface area contributed by atoms with Crippen LogP contribution in [0.4, 0.5) is 0 Å². The molecule has 88 valence electrons. The molecule has 0 radical (unpaired) electrons. The van der Waals surface area contributed by atoms with Crippen LogP contribution in [0.2, 0.25) is 0 Å². The number of amides is 1. The Labute approximate surface area is 112 Å². The molecule has 17 heavy (non-hydrogen) atoms. The fourth-order valence-corrected chi connectivity index (χ4v) is 1.70. The number of nitrogens with zero attached hydrogens (tertiary/aromatic N) is 3. The number of hydrogen-bond donors (Lipinski definition) is 1. The van der Waals surface area contributed by atoms with E-state index in [0.29, 0.717) is 18.7 Å². The second-order valence-electron chi connectivity index (χ2n) is 3.43. The molecule has 0 aliphatic rings. The number of hydrogen-bond acceptors (Lipinski definition) is 3. The zero-order chi connectivity index (χ0) is 12.1. The maximum absolute atomic E-state index is 11.7. The van der Waals surface area contributed by atoms with E-state index in [-0.39, 0.29) is 5.91 Å². The van der Waals surface area contributed by atoms with E-state index in [4.69, 9.17) is 0 Å². The second-order valence-corrected chi connectivity index (χ2v) is 4.67. The molecule has 0 bridgehead atoms. The molecule has 1 heterocycles. The first-order valence-corrected chi connectivity index (χ1v) is 6.21. The molecule has 2 rings (SSSR count). The minimum atomic E-state index is -0.0680. The Morgan fingerprint density at radius 2 is 2.12 bits per heavy atom. The van der Waals surface area contributed by atoms with Crippen LogP contribution in [-0.4, -0.2) is 27.4 Å². The predicted molar refractivity (Wildman–Crippen MR) is 71.5 cm³/mol.